The highest BCUT2D eigenvalue weighted by atomic mass is 16.5. The largest absolute Gasteiger partial charge is 0.494 e. The number of carboxylic acids is 1. The number of ether oxygens (including phenoxy) is 1. The number of amides is 1. The zero-order chi connectivity index (χ0) is 19.8. The average molecular weight is 388 g/mol. The van der Waals surface area contributed by atoms with Crippen LogP contribution < -0.4 is 10.1 Å². The molecule has 0 radical (unpaired) electrons. The van der Waals surface area contributed by atoms with Gasteiger partial charge in [0.15, 0.2) is 0 Å². The molecule has 0 aliphatic heterocycles. The summed E-state index contributed by atoms with van der Waals surface area (Å²) in [5.41, 5.74) is 0.353. The molecule has 1 aromatic rings. The third kappa shape index (κ3) is 6.25. The molecule has 2 aliphatic rings. The highest BCUT2D eigenvalue weighted by Gasteiger charge is 2.37. The molecule has 0 spiro atoms. The summed E-state index contributed by atoms with van der Waals surface area (Å²) < 4.78 is 5.86. The maximum Gasteiger partial charge on any atom is 0.303 e. The van der Waals surface area contributed by atoms with E-state index in [1.807, 2.05) is 24.3 Å². The number of aliphatic carboxylic acids is 1. The number of anilines is 1. The molecule has 0 aromatic heterocycles. The predicted molar refractivity (Wildman–Crippen MR) is 110 cm³/mol. The van der Waals surface area contributed by atoms with Crippen LogP contribution in [0.3, 0.4) is 0 Å². The Morgan fingerprint density at radius 1 is 1.00 bits per heavy atom. The van der Waals surface area contributed by atoms with E-state index in [4.69, 9.17) is 4.74 Å². The van der Waals surface area contributed by atoms with Gasteiger partial charge in [0.25, 0.3) is 0 Å². The van der Waals surface area contributed by atoms with Gasteiger partial charge in [0.1, 0.15) is 5.75 Å². The van der Waals surface area contributed by atoms with Gasteiger partial charge in [-0.2, -0.15) is 0 Å². The van der Waals surface area contributed by atoms with Gasteiger partial charge in [0.2, 0.25) is 5.91 Å². The molecular weight excluding hydrogens is 354 g/mol. The first-order chi connectivity index (χ1) is 13.5. The van der Waals surface area contributed by atoms with Gasteiger partial charge in [-0.3, -0.25) is 9.59 Å². The summed E-state index contributed by atoms with van der Waals surface area (Å²) >= 11 is 0. The van der Waals surface area contributed by atoms with Gasteiger partial charge in [-0.15, -0.1) is 0 Å². The Morgan fingerprint density at radius 2 is 1.68 bits per heavy atom. The van der Waals surface area contributed by atoms with Gasteiger partial charge in [0, 0.05) is 12.1 Å². The Kier molecular flexibility index (Phi) is 7.35. The molecule has 0 saturated heterocycles. The third-order valence-electron chi connectivity index (χ3n) is 6.38. The maximum absolute atomic E-state index is 12.5. The summed E-state index contributed by atoms with van der Waals surface area (Å²) in [6.45, 7) is 0.744. The molecule has 1 amide bonds. The van der Waals surface area contributed by atoms with Crippen molar-refractivity contribution in [3.05, 3.63) is 24.3 Å². The van der Waals surface area contributed by atoms with Crippen LogP contribution in [0.4, 0.5) is 5.69 Å². The van der Waals surface area contributed by atoms with Crippen molar-refractivity contribution < 1.29 is 19.4 Å². The highest BCUT2D eigenvalue weighted by Crippen LogP contribution is 2.44. The van der Waals surface area contributed by atoms with Crippen molar-refractivity contribution in [3.8, 4) is 5.75 Å². The van der Waals surface area contributed by atoms with E-state index < -0.39 is 5.97 Å². The molecular formula is C23H33NO4. The summed E-state index contributed by atoms with van der Waals surface area (Å²) in [6.07, 6.45) is 11.9. The number of carbonyl (C=O) groups is 2. The highest BCUT2D eigenvalue weighted by molar-refractivity contribution is 5.91. The second-order valence-corrected chi connectivity index (χ2v) is 8.67. The van der Waals surface area contributed by atoms with E-state index in [1.54, 1.807) is 0 Å². The lowest BCUT2D eigenvalue weighted by molar-refractivity contribution is -0.140. The van der Waals surface area contributed by atoms with Gasteiger partial charge in [-0.25, -0.2) is 0 Å². The minimum Gasteiger partial charge on any atom is -0.494 e. The number of nitrogens with one attached hydrogen (secondary N) is 1. The molecule has 28 heavy (non-hydrogen) atoms. The molecule has 0 bridgehead atoms. The third-order valence-corrected chi connectivity index (χ3v) is 6.38. The van der Waals surface area contributed by atoms with Crippen molar-refractivity contribution >= 4 is 17.6 Å². The number of carboxylic acid groups (broad SMARTS) is 1. The molecule has 0 heterocycles. The van der Waals surface area contributed by atoms with Gasteiger partial charge >= 0.3 is 5.97 Å². The molecule has 154 valence electrons. The van der Waals surface area contributed by atoms with Crippen LogP contribution in [-0.4, -0.2) is 23.6 Å². The first kappa shape index (κ1) is 20.7. The normalized spacial score (nSPS) is 19.3. The Labute approximate surface area is 167 Å². The van der Waals surface area contributed by atoms with Gasteiger partial charge in [-0.05, 0) is 54.9 Å². The smallest absolute Gasteiger partial charge is 0.303 e. The van der Waals surface area contributed by atoms with E-state index in [0.29, 0.717) is 0 Å². The number of hydrogen-bond acceptors (Lipinski definition) is 3. The fourth-order valence-electron chi connectivity index (χ4n) is 4.86. The van der Waals surface area contributed by atoms with Gasteiger partial charge in [-0.1, -0.05) is 44.9 Å². The fraction of sp³-hybridized carbons (Fsp3) is 0.652. The minimum atomic E-state index is -0.815. The van der Waals surface area contributed by atoms with E-state index >= 15 is 0 Å². The molecule has 2 aliphatic carbocycles. The van der Waals surface area contributed by atoms with Crippen molar-refractivity contribution in [1.82, 2.24) is 0 Å². The standard InChI is InChI=1S/C23H33NO4/c25-21(16-23(17-22(26)27)13-4-5-14-23)24-19-8-10-20(11-9-19)28-15-12-18-6-2-1-3-7-18/h8-11,18H,1-7,12-17H2,(H,24,25)(H,26,27). The Bertz CT molecular complexity index is 643. The molecule has 2 saturated carbocycles. The summed E-state index contributed by atoms with van der Waals surface area (Å²) in [4.78, 5) is 23.6. The van der Waals surface area contributed by atoms with E-state index in [1.165, 1.54) is 32.1 Å². The second kappa shape index (κ2) is 9.94. The fourth-order valence-corrected chi connectivity index (χ4v) is 4.86. The van der Waals surface area contributed by atoms with Crippen LogP contribution in [0.25, 0.3) is 0 Å². The summed E-state index contributed by atoms with van der Waals surface area (Å²) in [6, 6.07) is 7.48. The molecule has 3 rings (SSSR count). The minimum absolute atomic E-state index is 0.0776. The molecule has 2 fully saturated rings. The number of benzene rings is 1. The molecule has 5 nitrogen and oxygen atoms in total. The van der Waals surface area contributed by atoms with Crippen molar-refractivity contribution in [2.75, 3.05) is 11.9 Å². The molecule has 5 heteroatoms. The lowest BCUT2D eigenvalue weighted by Gasteiger charge is -2.26. The van der Waals surface area contributed by atoms with E-state index in [0.717, 1.165) is 56.1 Å². The lowest BCUT2D eigenvalue weighted by atomic mass is 9.79. The molecule has 0 unspecified atom stereocenters. The van der Waals surface area contributed by atoms with Crippen molar-refractivity contribution in [2.24, 2.45) is 11.3 Å². The van der Waals surface area contributed by atoms with Gasteiger partial charge < -0.3 is 15.2 Å². The SMILES string of the molecule is O=C(O)CC1(CC(=O)Nc2ccc(OCCC3CCCCC3)cc2)CCCC1. The zero-order valence-electron chi connectivity index (χ0n) is 16.8. The number of carbonyl (C=O) groups excluding carboxylic acids is 1. The Hall–Kier alpha value is -2.04. The maximum atomic E-state index is 12.5. The van der Waals surface area contributed by atoms with Crippen molar-refractivity contribution in [2.45, 2.75) is 77.0 Å². The summed E-state index contributed by atoms with van der Waals surface area (Å²) in [5.74, 6) is 0.714. The molecule has 1 aromatic carbocycles. The zero-order valence-corrected chi connectivity index (χ0v) is 16.8. The van der Waals surface area contributed by atoms with Crippen LogP contribution >= 0.6 is 0 Å². The quantitative estimate of drug-likeness (QED) is 0.595. The van der Waals surface area contributed by atoms with Crippen LogP contribution in [0.15, 0.2) is 24.3 Å². The summed E-state index contributed by atoms with van der Waals surface area (Å²) in [7, 11) is 0. The Morgan fingerprint density at radius 3 is 2.32 bits per heavy atom. The van der Waals surface area contributed by atoms with Crippen LogP contribution in [0.1, 0.15) is 77.0 Å². The predicted octanol–water partition coefficient (Wildman–Crippen LogP) is 5.40. The Balaban J connectivity index is 1.44. The van der Waals surface area contributed by atoms with E-state index in [-0.39, 0.29) is 24.2 Å². The second-order valence-electron chi connectivity index (χ2n) is 8.67. The van der Waals surface area contributed by atoms with E-state index in [9.17, 15) is 14.7 Å². The van der Waals surface area contributed by atoms with Crippen molar-refractivity contribution in [1.29, 1.82) is 0 Å². The van der Waals surface area contributed by atoms with Gasteiger partial charge in [0.05, 0.1) is 13.0 Å². The number of rotatable bonds is 9. The monoisotopic (exact) mass is 387 g/mol. The number of hydrogen-bond donors (Lipinski definition) is 2. The van der Waals surface area contributed by atoms with Crippen LogP contribution in [0, 0.1) is 11.3 Å². The summed E-state index contributed by atoms with van der Waals surface area (Å²) in [5, 5.41) is 12.1. The average Bonchev–Trinajstić information content (AvgIpc) is 3.11. The van der Waals surface area contributed by atoms with Crippen molar-refractivity contribution in [3.63, 3.8) is 0 Å². The first-order valence-corrected chi connectivity index (χ1v) is 10.8. The molecule has 2 N–H and O–H groups in total. The van der Waals surface area contributed by atoms with E-state index in [2.05, 4.69) is 5.32 Å². The molecule has 0 atom stereocenters. The van der Waals surface area contributed by atoms with Crippen LogP contribution in [-0.2, 0) is 9.59 Å². The van der Waals surface area contributed by atoms with Crippen LogP contribution in [0.2, 0.25) is 0 Å². The van der Waals surface area contributed by atoms with Crippen LogP contribution in [0.5, 0.6) is 5.75 Å². The first-order valence-electron chi connectivity index (χ1n) is 10.8. The topological polar surface area (TPSA) is 75.6 Å². The lowest BCUT2D eigenvalue weighted by Crippen LogP contribution is -2.27.